The van der Waals surface area contributed by atoms with E-state index in [1.54, 1.807) is 24.3 Å². The van der Waals surface area contributed by atoms with Crippen LogP contribution in [-0.4, -0.2) is 41.2 Å². The van der Waals surface area contributed by atoms with Crippen molar-refractivity contribution in [2.45, 2.75) is 51.6 Å². The van der Waals surface area contributed by atoms with Crippen LogP contribution in [0.25, 0.3) is 0 Å². The lowest BCUT2D eigenvalue weighted by Gasteiger charge is -2.39. The summed E-state index contributed by atoms with van der Waals surface area (Å²) in [4.78, 5) is 13.5. The quantitative estimate of drug-likeness (QED) is 0.816. The van der Waals surface area contributed by atoms with E-state index in [0.717, 1.165) is 13.0 Å². The number of ether oxygens (including phenoxy) is 1. The third-order valence-corrected chi connectivity index (χ3v) is 4.29. The Morgan fingerprint density at radius 1 is 1.33 bits per heavy atom. The number of hydrogen-bond donors (Lipinski definition) is 1. The molecule has 0 amide bonds. The van der Waals surface area contributed by atoms with Crippen LogP contribution in [0.1, 0.15) is 49.9 Å². The molecule has 0 radical (unpaired) electrons. The largest absolute Gasteiger partial charge is 0.494 e. The maximum absolute atomic E-state index is 10.9. The number of piperidine rings is 1. The molecule has 1 saturated heterocycles. The van der Waals surface area contributed by atoms with E-state index in [2.05, 4.69) is 18.7 Å². The molecule has 1 fully saturated rings. The van der Waals surface area contributed by atoms with Gasteiger partial charge in [0.25, 0.3) is 0 Å². The van der Waals surface area contributed by atoms with Crippen LogP contribution in [0.3, 0.4) is 0 Å². The molecule has 1 N–H and O–H groups in total. The fourth-order valence-electron chi connectivity index (χ4n) is 3.07. The molecule has 1 aromatic carbocycles. The minimum atomic E-state index is -0.920. The molecule has 0 aliphatic carbocycles. The van der Waals surface area contributed by atoms with Gasteiger partial charge in [0.15, 0.2) is 0 Å². The van der Waals surface area contributed by atoms with Crippen LogP contribution < -0.4 is 4.74 Å². The van der Waals surface area contributed by atoms with Gasteiger partial charge in [-0.25, -0.2) is 4.79 Å². The number of carboxylic acid groups (broad SMARTS) is 1. The van der Waals surface area contributed by atoms with Gasteiger partial charge in [0.2, 0.25) is 0 Å². The van der Waals surface area contributed by atoms with Gasteiger partial charge in [0.1, 0.15) is 5.75 Å². The van der Waals surface area contributed by atoms with E-state index >= 15 is 0 Å². The van der Waals surface area contributed by atoms with E-state index in [-0.39, 0.29) is 5.56 Å². The highest BCUT2D eigenvalue weighted by molar-refractivity contribution is 5.87. The van der Waals surface area contributed by atoms with Crippen molar-refractivity contribution in [3.8, 4) is 5.75 Å². The van der Waals surface area contributed by atoms with Crippen molar-refractivity contribution < 1.29 is 14.6 Å². The molecule has 2 atom stereocenters. The van der Waals surface area contributed by atoms with E-state index in [1.165, 1.54) is 19.3 Å². The van der Waals surface area contributed by atoms with Crippen LogP contribution in [-0.2, 0) is 0 Å². The monoisotopic (exact) mass is 291 g/mol. The predicted molar refractivity (Wildman–Crippen MR) is 83.0 cm³/mol. The Kier molecular flexibility index (Phi) is 5.62. The highest BCUT2D eigenvalue weighted by atomic mass is 16.5. The number of aromatic carboxylic acids is 1. The topological polar surface area (TPSA) is 49.8 Å². The summed E-state index contributed by atoms with van der Waals surface area (Å²) < 4.78 is 5.67. The second-order valence-electron chi connectivity index (χ2n) is 5.90. The first kappa shape index (κ1) is 15.8. The van der Waals surface area contributed by atoms with E-state index in [0.29, 0.717) is 24.4 Å². The second-order valence-corrected chi connectivity index (χ2v) is 5.90. The third-order valence-electron chi connectivity index (χ3n) is 4.29. The first-order chi connectivity index (χ1) is 10.1. The van der Waals surface area contributed by atoms with Gasteiger partial charge in [-0.05, 0) is 51.3 Å². The molecule has 1 heterocycles. The average Bonchev–Trinajstić information content (AvgIpc) is 2.46. The van der Waals surface area contributed by atoms with Crippen molar-refractivity contribution in [1.29, 1.82) is 0 Å². The molecule has 4 nitrogen and oxygen atoms in total. The summed E-state index contributed by atoms with van der Waals surface area (Å²) in [7, 11) is 0. The maximum Gasteiger partial charge on any atom is 0.335 e. The summed E-state index contributed by atoms with van der Waals surface area (Å²) in [6.45, 7) is 6.26. The van der Waals surface area contributed by atoms with Gasteiger partial charge in [-0.2, -0.15) is 0 Å². The Balaban J connectivity index is 1.76. The summed E-state index contributed by atoms with van der Waals surface area (Å²) in [5, 5.41) is 8.95. The van der Waals surface area contributed by atoms with Crippen molar-refractivity contribution in [3.05, 3.63) is 29.8 Å². The zero-order valence-corrected chi connectivity index (χ0v) is 12.9. The molecule has 21 heavy (non-hydrogen) atoms. The summed E-state index contributed by atoms with van der Waals surface area (Å²) >= 11 is 0. The molecule has 0 saturated carbocycles. The molecule has 4 heteroatoms. The number of carbonyl (C=O) groups is 1. The van der Waals surface area contributed by atoms with E-state index in [1.807, 2.05) is 0 Å². The average molecular weight is 291 g/mol. The summed E-state index contributed by atoms with van der Waals surface area (Å²) in [5.41, 5.74) is 0.269. The van der Waals surface area contributed by atoms with Crippen molar-refractivity contribution in [3.63, 3.8) is 0 Å². The van der Waals surface area contributed by atoms with Crippen LogP contribution >= 0.6 is 0 Å². The van der Waals surface area contributed by atoms with Crippen LogP contribution in [0.2, 0.25) is 0 Å². The molecule has 0 bridgehead atoms. The highest BCUT2D eigenvalue weighted by Crippen LogP contribution is 2.22. The van der Waals surface area contributed by atoms with Crippen LogP contribution in [0.15, 0.2) is 24.3 Å². The molecule has 2 unspecified atom stereocenters. The maximum atomic E-state index is 10.9. The molecule has 1 aromatic rings. The molecule has 0 spiro atoms. The predicted octanol–water partition coefficient (Wildman–Crippen LogP) is 3.42. The van der Waals surface area contributed by atoms with Crippen molar-refractivity contribution in [2.24, 2.45) is 0 Å². The van der Waals surface area contributed by atoms with Crippen molar-refractivity contribution in [1.82, 2.24) is 4.90 Å². The highest BCUT2D eigenvalue weighted by Gasteiger charge is 2.23. The normalized spacial score (nSPS) is 23.0. The van der Waals surface area contributed by atoms with E-state index in [4.69, 9.17) is 9.84 Å². The lowest BCUT2D eigenvalue weighted by Crippen LogP contribution is -2.44. The number of hydrogen-bond acceptors (Lipinski definition) is 3. The SMILES string of the molecule is CC1CCCC(C)N1CCCOc1cccc(C(=O)O)c1. The molecule has 0 aromatic heterocycles. The summed E-state index contributed by atoms with van der Waals surface area (Å²) in [5.74, 6) is -0.286. The molecule has 1 aliphatic heterocycles. The van der Waals surface area contributed by atoms with Gasteiger partial charge in [0, 0.05) is 18.6 Å². The molecule has 116 valence electrons. The van der Waals surface area contributed by atoms with Gasteiger partial charge in [-0.1, -0.05) is 12.5 Å². The standard InChI is InChI=1S/C17H25NO3/c1-13-6-3-7-14(2)18(13)10-5-11-21-16-9-4-8-15(12-16)17(19)20/h4,8-9,12-14H,3,5-7,10-11H2,1-2H3,(H,19,20). The number of rotatable bonds is 6. The Labute approximate surface area is 126 Å². The first-order valence-corrected chi connectivity index (χ1v) is 7.80. The Bertz CT molecular complexity index is 465. The van der Waals surface area contributed by atoms with E-state index < -0.39 is 5.97 Å². The van der Waals surface area contributed by atoms with Gasteiger partial charge >= 0.3 is 5.97 Å². The molecule has 2 rings (SSSR count). The van der Waals surface area contributed by atoms with E-state index in [9.17, 15) is 4.79 Å². The van der Waals surface area contributed by atoms with Crippen LogP contribution in [0.5, 0.6) is 5.75 Å². The van der Waals surface area contributed by atoms with Crippen LogP contribution in [0.4, 0.5) is 0 Å². The number of benzene rings is 1. The summed E-state index contributed by atoms with van der Waals surface area (Å²) in [6.07, 6.45) is 4.86. The Hall–Kier alpha value is -1.55. The van der Waals surface area contributed by atoms with Gasteiger partial charge in [0.05, 0.1) is 12.2 Å². The minimum absolute atomic E-state index is 0.269. The van der Waals surface area contributed by atoms with Gasteiger partial charge in [-0.15, -0.1) is 0 Å². The Morgan fingerprint density at radius 2 is 2.05 bits per heavy atom. The molecular weight excluding hydrogens is 266 g/mol. The molecule has 1 aliphatic rings. The summed E-state index contributed by atoms with van der Waals surface area (Å²) in [6, 6.07) is 7.99. The fourth-order valence-corrected chi connectivity index (χ4v) is 3.07. The van der Waals surface area contributed by atoms with Crippen molar-refractivity contribution >= 4 is 5.97 Å². The lowest BCUT2D eigenvalue weighted by atomic mass is 9.97. The number of nitrogens with zero attached hydrogens (tertiary/aromatic N) is 1. The van der Waals surface area contributed by atoms with Gasteiger partial charge in [-0.3, -0.25) is 4.90 Å². The van der Waals surface area contributed by atoms with Gasteiger partial charge < -0.3 is 9.84 Å². The molecular formula is C17H25NO3. The lowest BCUT2D eigenvalue weighted by molar-refractivity contribution is 0.0696. The Morgan fingerprint density at radius 3 is 2.71 bits per heavy atom. The fraction of sp³-hybridized carbons (Fsp3) is 0.588. The zero-order valence-electron chi connectivity index (χ0n) is 12.9. The second kappa shape index (κ2) is 7.46. The third kappa shape index (κ3) is 4.46. The first-order valence-electron chi connectivity index (χ1n) is 7.80. The zero-order chi connectivity index (χ0) is 15.2. The smallest absolute Gasteiger partial charge is 0.335 e. The minimum Gasteiger partial charge on any atom is -0.494 e. The van der Waals surface area contributed by atoms with Crippen molar-refractivity contribution in [2.75, 3.05) is 13.2 Å². The number of likely N-dealkylation sites (tertiary alicyclic amines) is 1. The number of carboxylic acids is 1. The van der Waals surface area contributed by atoms with Crippen LogP contribution in [0, 0.1) is 0 Å².